The fourth-order valence-corrected chi connectivity index (χ4v) is 1.32. The molecule has 0 unspecified atom stereocenters. The summed E-state index contributed by atoms with van der Waals surface area (Å²) in [6.45, 7) is 2.82. The van der Waals surface area contributed by atoms with Crippen molar-refractivity contribution >= 4 is 0 Å². The summed E-state index contributed by atoms with van der Waals surface area (Å²) < 4.78 is 10.2. The number of hydrogen-bond acceptors (Lipinski definition) is 2. The molecule has 1 aromatic carbocycles. The molecule has 0 aliphatic rings. The number of hydrogen-bond donors (Lipinski definition) is 0. The highest BCUT2D eigenvalue weighted by molar-refractivity contribution is 5.36. The average molecular weight is 180 g/mol. The van der Waals surface area contributed by atoms with Crippen LogP contribution in [0.25, 0.3) is 0 Å². The molecule has 0 saturated carbocycles. The van der Waals surface area contributed by atoms with Gasteiger partial charge in [0.15, 0.2) is 0 Å². The van der Waals surface area contributed by atoms with Gasteiger partial charge in [-0.05, 0) is 30.5 Å². The highest BCUT2D eigenvalue weighted by Gasteiger charge is 1.99. The van der Waals surface area contributed by atoms with Gasteiger partial charge in [-0.25, -0.2) is 0 Å². The third-order valence-electron chi connectivity index (χ3n) is 2.05. The van der Waals surface area contributed by atoms with Crippen LogP contribution < -0.4 is 4.74 Å². The summed E-state index contributed by atoms with van der Waals surface area (Å²) in [6, 6.07) is 6.21. The molecule has 0 spiro atoms. The van der Waals surface area contributed by atoms with Gasteiger partial charge in [0.1, 0.15) is 5.75 Å². The van der Waals surface area contributed by atoms with Crippen LogP contribution in [0.4, 0.5) is 0 Å². The number of benzene rings is 1. The number of methoxy groups -OCH3 is 2. The van der Waals surface area contributed by atoms with Crippen molar-refractivity contribution < 1.29 is 9.47 Å². The van der Waals surface area contributed by atoms with Crippen LogP contribution in [0.2, 0.25) is 0 Å². The molecule has 0 aliphatic heterocycles. The first kappa shape index (κ1) is 10.1. The Morgan fingerprint density at radius 3 is 2.54 bits per heavy atom. The highest BCUT2D eigenvalue weighted by atomic mass is 16.5. The molecule has 1 rings (SSSR count). The molecule has 0 radical (unpaired) electrons. The van der Waals surface area contributed by atoms with Crippen LogP contribution in [0.15, 0.2) is 18.2 Å². The van der Waals surface area contributed by atoms with Crippen molar-refractivity contribution in [2.75, 3.05) is 20.8 Å². The van der Waals surface area contributed by atoms with Gasteiger partial charge in [-0.3, -0.25) is 0 Å². The maximum absolute atomic E-state index is 5.17. The molecule has 0 heterocycles. The minimum absolute atomic E-state index is 0.770. The molecule has 0 aliphatic carbocycles. The molecule has 2 nitrogen and oxygen atoms in total. The molecule has 0 atom stereocenters. The third-order valence-corrected chi connectivity index (χ3v) is 2.05. The third kappa shape index (κ3) is 2.74. The SMILES string of the molecule is COCCc1ccc(OC)c(C)c1. The van der Waals surface area contributed by atoms with E-state index in [9.17, 15) is 0 Å². The summed E-state index contributed by atoms with van der Waals surface area (Å²) in [5, 5.41) is 0. The van der Waals surface area contributed by atoms with E-state index in [4.69, 9.17) is 9.47 Å². The van der Waals surface area contributed by atoms with Crippen LogP contribution in [-0.4, -0.2) is 20.8 Å². The van der Waals surface area contributed by atoms with Gasteiger partial charge in [0.25, 0.3) is 0 Å². The minimum Gasteiger partial charge on any atom is -0.496 e. The van der Waals surface area contributed by atoms with E-state index < -0.39 is 0 Å². The summed E-state index contributed by atoms with van der Waals surface area (Å²) >= 11 is 0. The summed E-state index contributed by atoms with van der Waals surface area (Å²) in [5.41, 5.74) is 2.47. The van der Waals surface area contributed by atoms with Crippen molar-refractivity contribution in [3.63, 3.8) is 0 Å². The Balaban J connectivity index is 2.71. The molecular formula is C11H16O2. The predicted octanol–water partition coefficient (Wildman–Crippen LogP) is 2.19. The fraction of sp³-hybridized carbons (Fsp3) is 0.455. The summed E-state index contributed by atoms with van der Waals surface area (Å²) in [7, 11) is 3.41. The number of rotatable bonds is 4. The lowest BCUT2D eigenvalue weighted by Crippen LogP contribution is -1.95. The number of aryl methyl sites for hydroxylation is 1. The molecule has 0 fully saturated rings. The monoisotopic (exact) mass is 180 g/mol. The Labute approximate surface area is 79.5 Å². The van der Waals surface area contributed by atoms with E-state index in [0.29, 0.717) is 0 Å². The topological polar surface area (TPSA) is 18.5 Å². The second kappa shape index (κ2) is 4.87. The Kier molecular flexibility index (Phi) is 3.77. The molecule has 13 heavy (non-hydrogen) atoms. The molecule has 0 saturated heterocycles. The lowest BCUT2D eigenvalue weighted by Gasteiger charge is -2.06. The van der Waals surface area contributed by atoms with Crippen LogP contribution in [0, 0.1) is 6.92 Å². The summed E-state index contributed by atoms with van der Waals surface area (Å²) in [4.78, 5) is 0. The maximum Gasteiger partial charge on any atom is 0.121 e. The molecule has 0 amide bonds. The fourth-order valence-electron chi connectivity index (χ4n) is 1.32. The van der Waals surface area contributed by atoms with Crippen molar-refractivity contribution in [1.29, 1.82) is 0 Å². The average Bonchev–Trinajstić information content (AvgIpc) is 2.15. The Bertz CT molecular complexity index is 269. The van der Waals surface area contributed by atoms with Crippen molar-refractivity contribution in [3.8, 4) is 5.75 Å². The van der Waals surface area contributed by atoms with Crippen LogP contribution in [0.5, 0.6) is 5.75 Å². The second-order valence-electron chi connectivity index (χ2n) is 3.05. The van der Waals surface area contributed by atoms with Gasteiger partial charge in [-0.2, -0.15) is 0 Å². The first-order chi connectivity index (χ1) is 6.27. The minimum atomic E-state index is 0.770. The predicted molar refractivity (Wildman–Crippen MR) is 53.3 cm³/mol. The zero-order chi connectivity index (χ0) is 9.68. The molecule has 72 valence electrons. The zero-order valence-corrected chi connectivity index (χ0v) is 8.46. The molecule has 0 N–H and O–H groups in total. The highest BCUT2D eigenvalue weighted by Crippen LogP contribution is 2.18. The molecule has 0 bridgehead atoms. The largest absolute Gasteiger partial charge is 0.496 e. The standard InChI is InChI=1S/C11H16O2/c1-9-8-10(6-7-12-2)4-5-11(9)13-3/h4-5,8H,6-7H2,1-3H3. The van der Waals surface area contributed by atoms with Crippen molar-refractivity contribution in [1.82, 2.24) is 0 Å². The van der Waals surface area contributed by atoms with E-state index in [0.717, 1.165) is 18.8 Å². The van der Waals surface area contributed by atoms with Gasteiger partial charge in [-0.15, -0.1) is 0 Å². The van der Waals surface area contributed by atoms with Crippen LogP contribution in [0.1, 0.15) is 11.1 Å². The van der Waals surface area contributed by atoms with Crippen molar-refractivity contribution in [2.45, 2.75) is 13.3 Å². The zero-order valence-electron chi connectivity index (χ0n) is 8.46. The number of ether oxygens (including phenoxy) is 2. The smallest absolute Gasteiger partial charge is 0.121 e. The van der Waals surface area contributed by atoms with Crippen molar-refractivity contribution in [3.05, 3.63) is 29.3 Å². The van der Waals surface area contributed by atoms with Gasteiger partial charge in [0.05, 0.1) is 13.7 Å². The van der Waals surface area contributed by atoms with Crippen molar-refractivity contribution in [2.24, 2.45) is 0 Å². The van der Waals surface area contributed by atoms with E-state index in [1.807, 2.05) is 6.07 Å². The van der Waals surface area contributed by atoms with Gasteiger partial charge in [0, 0.05) is 7.11 Å². The van der Waals surface area contributed by atoms with E-state index in [-0.39, 0.29) is 0 Å². The molecular weight excluding hydrogens is 164 g/mol. The van der Waals surface area contributed by atoms with Crippen LogP contribution in [-0.2, 0) is 11.2 Å². The lowest BCUT2D eigenvalue weighted by molar-refractivity contribution is 0.202. The van der Waals surface area contributed by atoms with Crippen LogP contribution >= 0.6 is 0 Å². The normalized spacial score (nSPS) is 10.1. The van der Waals surface area contributed by atoms with Crippen LogP contribution in [0.3, 0.4) is 0 Å². The van der Waals surface area contributed by atoms with E-state index in [2.05, 4.69) is 19.1 Å². The molecule has 2 heteroatoms. The Morgan fingerprint density at radius 1 is 1.23 bits per heavy atom. The van der Waals surface area contributed by atoms with Gasteiger partial charge in [0.2, 0.25) is 0 Å². The quantitative estimate of drug-likeness (QED) is 0.707. The van der Waals surface area contributed by atoms with E-state index in [1.54, 1.807) is 14.2 Å². The Hall–Kier alpha value is -1.02. The van der Waals surface area contributed by atoms with Gasteiger partial charge in [-0.1, -0.05) is 12.1 Å². The van der Waals surface area contributed by atoms with Gasteiger partial charge >= 0.3 is 0 Å². The van der Waals surface area contributed by atoms with Gasteiger partial charge < -0.3 is 9.47 Å². The maximum atomic E-state index is 5.17. The first-order valence-corrected chi connectivity index (χ1v) is 4.40. The second-order valence-corrected chi connectivity index (χ2v) is 3.05. The Morgan fingerprint density at radius 2 is 2.00 bits per heavy atom. The molecule has 1 aromatic rings. The molecule has 0 aromatic heterocycles. The summed E-state index contributed by atoms with van der Waals surface area (Å²) in [5.74, 6) is 0.946. The lowest BCUT2D eigenvalue weighted by atomic mass is 10.1. The first-order valence-electron chi connectivity index (χ1n) is 4.40. The van der Waals surface area contributed by atoms with E-state index in [1.165, 1.54) is 11.1 Å². The summed E-state index contributed by atoms with van der Waals surface area (Å²) in [6.07, 6.45) is 0.960. The van der Waals surface area contributed by atoms with E-state index >= 15 is 0 Å².